The van der Waals surface area contributed by atoms with Crippen molar-refractivity contribution in [2.75, 3.05) is 18.0 Å². The van der Waals surface area contributed by atoms with Crippen LogP contribution in [0.15, 0.2) is 18.3 Å². The lowest BCUT2D eigenvalue weighted by Crippen LogP contribution is -2.45. The van der Waals surface area contributed by atoms with Gasteiger partial charge in [-0.25, -0.2) is 4.98 Å². The molecule has 2 heteroatoms. The maximum Gasteiger partial charge on any atom is 0.131 e. The molecule has 0 aromatic carbocycles. The number of hydrogen-bond donors (Lipinski definition) is 0. The summed E-state index contributed by atoms with van der Waals surface area (Å²) in [6, 6.07) is 4.10. The number of anilines is 1. The van der Waals surface area contributed by atoms with Crippen molar-refractivity contribution in [3.63, 3.8) is 0 Å². The highest BCUT2D eigenvalue weighted by Gasteiger charge is 2.24. The molecule has 0 spiro atoms. The average Bonchev–Trinajstić information content (AvgIpc) is 2.01. The van der Waals surface area contributed by atoms with Crippen LogP contribution in [0.3, 0.4) is 0 Å². The molecular weight excluding hydrogens is 148 g/mol. The molecule has 1 aliphatic rings. The van der Waals surface area contributed by atoms with E-state index in [4.69, 9.17) is 0 Å². The lowest BCUT2D eigenvalue weighted by atomic mass is 10.0. The van der Waals surface area contributed by atoms with Crippen molar-refractivity contribution in [1.29, 1.82) is 0 Å². The van der Waals surface area contributed by atoms with Crippen LogP contribution in [0.1, 0.15) is 12.5 Å². The van der Waals surface area contributed by atoms with Crippen LogP contribution in [0, 0.1) is 12.8 Å². The van der Waals surface area contributed by atoms with Gasteiger partial charge in [-0.1, -0.05) is 13.0 Å². The van der Waals surface area contributed by atoms with Gasteiger partial charge in [-0.05, 0) is 24.5 Å². The largest absolute Gasteiger partial charge is 0.356 e. The minimum atomic E-state index is 0.839. The lowest BCUT2D eigenvalue weighted by Gasteiger charge is -2.38. The Morgan fingerprint density at radius 3 is 2.83 bits per heavy atom. The summed E-state index contributed by atoms with van der Waals surface area (Å²) < 4.78 is 0. The SMILES string of the molecule is Cc1cccnc1N1CC(C)C1. The highest BCUT2D eigenvalue weighted by molar-refractivity contribution is 5.47. The molecule has 0 aliphatic carbocycles. The topological polar surface area (TPSA) is 16.1 Å². The van der Waals surface area contributed by atoms with Crippen molar-refractivity contribution in [1.82, 2.24) is 4.98 Å². The van der Waals surface area contributed by atoms with Crippen LogP contribution >= 0.6 is 0 Å². The Morgan fingerprint density at radius 2 is 2.25 bits per heavy atom. The van der Waals surface area contributed by atoms with Gasteiger partial charge >= 0.3 is 0 Å². The van der Waals surface area contributed by atoms with E-state index in [0.29, 0.717) is 0 Å². The van der Waals surface area contributed by atoms with Crippen molar-refractivity contribution < 1.29 is 0 Å². The molecule has 0 amide bonds. The first-order chi connectivity index (χ1) is 5.77. The zero-order valence-electron chi connectivity index (χ0n) is 7.62. The van der Waals surface area contributed by atoms with E-state index >= 15 is 0 Å². The van der Waals surface area contributed by atoms with E-state index in [-0.39, 0.29) is 0 Å². The summed E-state index contributed by atoms with van der Waals surface area (Å²) in [6.45, 7) is 6.72. The first-order valence-electron chi connectivity index (χ1n) is 4.44. The summed E-state index contributed by atoms with van der Waals surface area (Å²) in [5.74, 6) is 2.00. The molecule has 1 aromatic heterocycles. The van der Waals surface area contributed by atoms with Gasteiger partial charge in [0.25, 0.3) is 0 Å². The molecule has 1 fully saturated rings. The Kier molecular flexibility index (Phi) is 1.75. The van der Waals surface area contributed by atoms with Crippen LogP contribution in [0.2, 0.25) is 0 Å². The minimum absolute atomic E-state index is 0.839. The fraction of sp³-hybridized carbons (Fsp3) is 0.500. The quantitative estimate of drug-likeness (QED) is 0.626. The van der Waals surface area contributed by atoms with Crippen LogP contribution in [0.4, 0.5) is 5.82 Å². The third kappa shape index (κ3) is 1.17. The van der Waals surface area contributed by atoms with Crippen LogP contribution in [-0.2, 0) is 0 Å². The van der Waals surface area contributed by atoms with Gasteiger partial charge in [0.15, 0.2) is 0 Å². The molecule has 12 heavy (non-hydrogen) atoms. The molecule has 2 rings (SSSR count). The third-order valence-corrected chi connectivity index (χ3v) is 2.35. The normalized spacial score (nSPS) is 17.7. The highest BCUT2D eigenvalue weighted by atomic mass is 15.2. The number of aryl methyl sites for hydroxylation is 1. The van der Waals surface area contributed by atoms with Gasteiger partial charge in [-0.2, -0.15) is 0 Å². The monoisotopic (exact) mass is 162 g/mol. The average molecular weight is 162 g/mol. The van der Waals surface area contributed by atoms with Crippen molar-refractivity contribution in [3.05, 3.63) is 23.9 Å². The van der Waals surface area contributed by atoms with Crippen LogP contribution in [0.5, 0.6) is 0 Å². The molecule has 64 valence electrons. The summed E-state index contributed by atoms with van der Waals surface area (Å²) in [7, 11) is 0. The van der Waals surface area contributed by atoms with E-state index in [2.05, 4.69) is 29.8 Å². The zero-order chi connectivity index (χ0) is 8.55. The Balaban J connectivity index is 2.18. The van der Waals surface area contributed by atoms with E-state index in [1.807, 2.05) is 12.3 Å². The minimum Gasteiger partial charge on any atom is -0.356 e. The second-order valence-corrected chi connectivity index (χ2v) is 3.65. The van der Waals surface area contributed by atoms with Gasteiger partial charge in [0.1, 0.15) is 5.82 Å². The van der Waals surface area contributed by atoms with Gasteiger partial charge in [-0.15, -0.1) is 0 Å². The van der Waals surface area contributed by atoms with Crippen LogP contribution in [-0.4, -0.2) is 18.1 Å². The lowest BCUT2D eigenvalue weighted by molar-refractivity contribution is 0.443. The maximum absolute atomic E-state index is 4.36. The molecule has 0 N–H and O–H groups in total. The molecular formula is C10H14N2. The van der Waals surface area contributed by atoms with Gasteiger partial charge in [0.2, 0.25) is 0 Å². The number of pyridine rings is 1. The summed E-state index contributed by atoms with van der Waals surface area (Å²) in [5.41, 5.74) is 1.28. The van der Waals surface area contributed by atoms with Gasteiger partial charge in [0.05, 0.1) is 0 Å². The second-order valence-electron chi connectivity index (χ2n) is 3.65. The fourth-order valence-corrected chi connectivity index (χ4v) is 1.68. The molecule has 0 saturated carbocycles. The first-order valence-corrected chi connectivity index (χ1v) is 4.44. The molecule has 2 nitrogen and oxygen atoms in total. The van der Waals surface area contributed by atoms with E-state index in [1.54, 1.807) is 0 Å². The molecule has 0 unspecified atom stereocenters. The predicted octanol–water partition coefficient (Wildman–Crippen LogP) is 1.85. The summed E-state index contributed by atoms with van der Waals surface area (Å²) in [5, 5.41) is 0. The molecule has 1 aliphatic heterocycles. The van der Waals surface area contributed by atoms with Crippen molar-refractivity contribution in [3.8, 4) is 0 Å². The summed E-state index contributed by atoms with van der Waals surface area (Å²) >= 11 is 0. The van der Waals surface area contributed by atoms with Crippen molar-refractivity contribution in [2.45, 2.75) is 13.8 Å². The Labute approximate surface area is 73.2 Å². The van der Waals surface area contributed by atoms with Crippen LogP contribution in [0.25, 0.3) is 0 Å². The highest BCUT2D eigenvalue weighted by Crippen LogP contribution is 2.24. The van der Waals surface area contributed by atoms with Gasteiger partial charge in [0, 0.05) is 19.3 Å². The fourth-order valence-electron chi connectivity index (χ4n) is 1.68. The predicted molar refractivity (Wildman–Crippen MR) is 50.4 cm³/mol. The van der Waals surface area contributed by atoms with E-state index < -0.39 is 0 Å². The van der Waals surface area contributed by atoms with Gasteiger partial charge in [-0.3, -0.25) is 0 Å². The van der Waals surface area contributed by atoms with E-state index in [9.17, 15) is 0 Å². The molecule has 0 atom stereocenters. The summed E-state index contributed by atoms with van der Waals surface area (Å²) in [6.07, 6.45) is 1.87. The Morgan fingerprint density at radius 1 is 1.50 bits per heavy atom. The van der Waals surface area contributed by atoms with Gasteiger partial charge < -0.3 is 4.90 Å². The maximum atomic E-state index is 4.36. The third-order valence-electron chi connectivity index (χ3n) is 2.35. The van der Waals surface area contributed by atoms with Crippen LogP contribution < -0.4 is 4.90 Å². The molecule has 0 radical (unpaired) electrons. The number of aromatic nitrogens is 1. The Bertz CT molecular complexity index is 277. The zero-order valence-corrected chi connectivity index (χ0v) is 7.62. The van der Waals surface area contributed by atoms with E-state index in [0.717, 1.165) is 24.8 Å². The Hall–Kier alpha value is -1.05. The standard InChI is InChI=1S/C10H14N2/c1-8-6-12(7-8)10-9(2)4-3-5-11-10/h3-5,8H,6-7H2,1-2H3. The summed E-state index contributed by atoms with van der Waals surface area (Å²) in [4.78, 5) is 6.69. The molecule has 0 bridgehead atoms. The van der Waals surface area contributed by atoms with Crippen molar-refractivity contribution >= 4 is 5.82 Å². The molecule has 1 saturated heterocycles. The number of hydrogen-bond acceptors (Lipinski definition) is 2. The first kappa shape index (κ1) is 7.59. The molecule has 1 aromatic rings. The smallest absolute Gasteiger partial charge is 0.131 e. The number of nitrogens with zero attached hydrogens (tertiary/aromatic N) is 2. The second kappa shape index (κ2) is 2.77. The number of rotatable bonds is 1. The van der Waals surface area contributed by atoms with E-state index in [1.165, 1.54) is 5.56 Å². The molecule has 2 heterocycles. The van der Waals surface area contributed by atoms with Crippen molar-refractivity contribution in [2.24, 2.45) is 5.92 Å².